The van der Waals surface area contributed by atoms with Gasteiger partial charge in [0.15, 0.2) is 16.6 Å². The summed E-state index contributed by atoms with van der Waals surface area (Å²) in [6.45, 7) is 5.23. The van der Waals surface area contributed by atoms with E-state index in [1.807, 2.05) is 44.2 Å². The van der Waals surface area contributed by atoms with Crippen LogP contribution >= 0.6 is 11.3 Å². The molecule has 1 amide bonds. The standard InChI is InChI=1S/C24H23N3O4S/c1-3-29-18-8-9-19-22(13-18)32-24(26-19)27-23(28)17-7-10-20(21(12-17)30-4-2)31-15-16-6-5-11-25-14-16/h5-14H,3-4,15H2,1-2H3,(H,26,27,28). The SMILES string of the molecule is CCOc1ccc2nc(NC(=O)c3ccc(OCc4cccnc4)c(OCC)c3)sc2c1. The summed E-state index contributed by atoms with van der Waals surface area (Å²) in [5, 5.41) is 3.39. The van der Waals surface area contributed by atoms with Crippen LogP contribution in [-0.4, -0.2) is 29.1 Å². The van der Waals surface area contributed by atoms with E-state index >= 15 is 0 Å². The van der Waals surface area contributed by atoms with Gasteiger partial charge in [-0.25, -0.2) is 4.98 Å². The first-order valence-corrected chi connectivity index (χ1v) is 11.1. The van der Waals surface area contributed by atoms with Gasteiger partial charge in [-0.15, -0.1) is 0 Å². The van der Waals surface area contributed by atoms with Crippen molar-refractivity contribution in [2.45, 2.75) is 20.5 Å². The van der Waals surface area contributed by atoms with Gasteiger partial charge in [0.25, 0.3) is 5.91 Å². The molecule has 4 rings (SSSR count). The molecule has 0 fully saturated rings. The number of nitrogens with zero attached hydrogens (tertiary/aromatic N) is 2. The van der Waals surface area contributed by atoms with Gasteiger partial charge in [0.1, 0.15) is 12.4 Å². The van der Waals surface area contributed by atoms with Crippen molar-refractivity contribution >= 4 is 32.6 Å². The fourth-order valence-electron chi connectivity index (χ4n) is 3.07. The summed E-state index contributed by atoms with van der Waals surface area (Å²) in [6.07, 6.45) is 3.46. The Bertz CT molecular complexity index is 1210. The van der Waals surface area contributed by atoms with Crippen molar-refractivity contribution in [1.29, 1.82) is 0 Å². The smallest absolute Gasteiger partial charge is 0.257 e. The second-order valence-corrected chi connectivity index (χ2v) is 7.81. The predicted octanol–water partition coefficient (Wildman–Crippen LogP) is 5.32. The zero-order chi connectivity index (χ0) is 22.3. The quantitative estimate of drug-likeness (QED) is 0.372. The number of anilines is 1. The van der Waals surface area contributed by atoms with Gasteiger partial charge in [0.2, 0.25) is 0 Å². The minimum absolute atomic E-state index is 0.270. The third kappa shape index (κ3) is 5.15. The molecule has 0 atom stereocenters. The maximum Gasteiger partial charge on any atom is 0.257 e. The first kappa shape index (κ1) is 21.6. The minimum Gasteiger partial charge on any atom is -0.494 e. The van der Waals surface area contributed by atoms with E-state index in [-0.39, 0.29) is 5.91 Å². The molecule has 8 heteroatoms. The van der Waals surface area contributed by atoms with Crippen LogP contribution in [0.5, 0.6) is 17.2 Å². The molecule has 0 unspecified atom stereocenters. The summed E-state index contributed by atoms with van der Waals surface area (Å²) in [6, 6.07) is 14.6. The molecule has 0 radical (unpaired) electrons. The molecule has 32 heavy (non-hydrogen) atoms. The second kappa shape index (κ2) is 10.1. The first-order valence-electron chi connectivity index (χ1n) is 10.3. The highest BCUT2D eigenvalue weighted by molar-refractivity contribution is 7.22. The number of thiazole rings is 1. The molecule has 7 nitrogen and oxygen atoms in total. The molecule has 0 spiro atoms. The first-order chi connectivity index (χ1) is 15.7. The van der Waals surface area contributed by atoms with E-state index < -0.39 is 0 Å². The number of hydrogen-bond donors (Lipinski definition) is 1. The van der Waals surface area contributed by atoms with Crippen molar-refractivity contribution in [3.05, 3.63) is 72.1 Å². The molecule has 0 saturated carbocycles. The molecule has 0 aliphatic rings. The van der Waals surface area contributed by atoms with E-state index in [0.717, 1.165) is 21.5 Å². The molecule has 2 aromatic carbocycles. The Hall–Kier alpha value is -3.65. The Morgan fingerprint density at radius 1 is 1.00 bits per heavy atom. The molecule has 0 aliphatic carbocycles. The van der Waals surface area contributed by atoms with Crippen LogP contribution in [0.25, 0.3) is 10.2 Å². The lowest BCUT2D eigenvalue weighted by Gasteiger charge is -2.13. The summed E-state index contributed by atoms with van der Waals surface area (Å²) in [4.78, 5) is 21.4. The topological polar surface area (TPSA) is 82.6 Å². The van der Waals surface area contributed by atoms with Crippen molar-refractivity contribution in [2.75, 3.05) is 18.5 Å². The fraction of sp³-hybridized carbons (Fsp3) is 0.208. The highest BCUT2D eigenvalue weighted by Crippen LogP contribution is 2.32. The van der Waals surface area contributed by atoms with E-state index in [9.17, 15) is 4.79 Å². The van der Waals surface area contributed by atoms with Crippen LogP contribution < -0.4 is 19.5 Å². The number of pyridine rings is 1. The zero-order valence-corrected chi connectivity index (χ0v) is 18.6. The maximum absolute atomic E-state index is 12.8. The molecular formula is C24H23N3O4S. The largest absolute Gasteiger partial charge is 0.494 e. The van der Waals surface area contributed by atoms with E-state index in [0.29, 0.717) is 42.0 Å². The predicted molar refractivity (Wildman–Crippen MR) is 125 cm³/mol. The summed E-state index contributed by atoms with van der Waals surface area (Å²) in [7, 11) is 0. The molecule has 1 N–H and O–H groups in total. The van der Waals surface area contributed by atoms with E-state index in [2.05, 4.69) is 15.3 Å². The molecule has 164 valence electrons. The van der Waals surface area contributed by atoms with E-state index in [1.54, 1.807) is 30.6 Å². The molecule has 0 saturated heterocycles. The van der Waals surface area contributed by atoms with Gasteiger partial charge >= 0.3 is 0 Å². The molecule has 2 heterocycles. The minimum atomic E-state index is -0.270. The summed E-state index contributed by atoms with van der Waals surface area (Å²) < 4.78 is 18.1. The zero-order valence-electron chi connectivity index (χ0n) is 17.8. The van der Waals surface area contributed by atoms with Gasteiger partial charge in [0, 0.05) is 23.5 Å². The van der Waals surface area contributed by atoms with E-state index in [4.69, 9.17) is 14.2 Å². The number of benzene rings is 2. The Kier molecular flexibility index (Phi) is 6.81. The van der Waals surface area contributed by atoms with Crippen LogP contribution in [0, 0.1) is 0 Å². The van der Waals surface area contributed by atoms with Crippen molar-refractivity contribution < 1.29 is 19.0 Å². The molecule has 4 aromatic rings. The maximum atomic E-state index is 12.8. The van der Waals surface area contributed by atoms with Gasteiger partial charge < -0.3 is 14.2 Å². The molecule has 2 aromatic heterocycles. The third-order valence-electron chi connectivity index (χ3n) is 4.51. The highest BCUT2D eigenvalue weighted by Gasteiger charge is 2.14. The van der Waals surface area contributed by atoms with Crippen LogP contribution in [0.4, 0.5) is 5.13 Å². The van der Waals surface area contributed by atoms with Crippen LogP contribution in [-0.2, 0) is 6.61 Å². The van der Waals surface area contributed by atoms with Crippen LogP contribution in [0.2, 0.25) is 0 Å². The van der Waals surface area contributed by atoms with Crippen LogP contribution in [0.3, 0.4) is 0 Å². The number of fused-ring (bicyclic) bond motifs is 1. The monoisotopic (exact) mass is 449 g/mol. The van der Waals surface area contributed by atoms with Crippen molar-refractivity contribution in [3.8, 4) is 17.2 Å². The van der Waals surface area contributed by atoms with Gasteiger partial charge in [-0.3, -0.25) is 15.1 Å². The number of amides is 1. The summed E-state index contributed by atoms with van der Waals surface area (Å²) in [5.41, 5.74) is 2.21. The number of carbonyl (C=O) groups is 1. The normalized spacial score (nSPS) is 10.7. The molecule has 0 aliphatic heterocycles. The summed E-state index contributed by atoms with van der Waals surface area (Å²) in [5.74, 6) is 1.59. The van der Waals surface area contributed by atoms with Gasteiger partial charge in [-0.2, -0.15) is 0 Å². The summed E-state index contributed by atoms with van der Waals surface area (Å²) >= 11 is 1.40. The average molecular weight is 450 g/mol. The average Bonchev–Trinajstić information content (AvgIpc) is 3.21. The van der Waals surface area contributed by atoms with Crippen LogP contribution in [0.1, 0.15) is 29.8 Å². The lowest BCUT2D eigenvalue weighted by atomic mass is 10.2. The number of hydrogen-bond acceptors (Lipinski definition) is 7. The number of carbonyl (C=O) groups excluding carboxylic acids is 1. The number of rotatable bonds is 9. The van der Waals surface area contributed by atoms with Gasteiger partial charge in [-0.05, 0) is 56.3 Å². The number of aromatic nitrogens is 2. The number of ether oxygens (including phenoxy) is 3. The highest BCUT2D eigenvalue weighted by atomic mass is 32.1. The van der Waals surface area contributed by atoms with Crippen molar-refractivity contribution in [2.24, 2.45) is 0 Å². The lowest BCUT2D eigenvalue weighted by Crippen LogP contribution is -2.12. The van der Waals surface area contributed by atoms with Crippen molar-refractivity contribution in [3.63, 3.8) is 0 Å². The molecular weight excluding hydrogens is 426 g/mol. The Morgan fingerprint density at radius 3 is 2.66 bits per heavy atom. The van der Waals surface area contributed by atoms with Crippen LogP contribution in [0.15, 0.2) is 60.9 Å². The van der Waals surface area contributed by atoms with Gasteiger partial charge in [-0.1, -0.05) is 17.4 Å². The molecule has 0 bridgehead atoms. The van der Waals surface area contributed by atoms with Crippen molar-refractivity contribution in [1.82, 2.24) is 9.97 Å². The fourth-order valence-corrected chi connectivity index (χ4v) is 3.95. The second-order valence-electron chi connectivity index (χ2n) is 6.78. The Balaban J connectivity index is 1.49. The van der Waals surface area contributed by atoms with Gasteiger partial charge in [0.05, 0.1) is 23.4 Å². The third-order valence-corrected chi connectivity index (χ3v) is 5.45. The van der Waals surface area contributed by atoms with E-state index in [1.165, 1.54) is 11.3 Å². The number of nitrogens with one attached hydrogen (secondary N) is 1. The Morgan fingerprint density at radius 2 is 1.88 bits per heavy atom. The lowest BCUT2D eigenvalue weighted by molar-refractivity contribution is 0.102. The Labute approximate surface area is 190 Å².